The summed E-state index contributed by atoms with van der Waals surface area (Å²) in [5.74, 6) is 1.45. The third-order valence-corrected chi connectivity index (χ3v) is 11.5. The molecule has 0 N–H and O–H groups in total. The average Bonchev–Trinajstić information content (AvgIpc) is 3.76. The van der Waals surface area contributed by atoms with E-state index >= 15 is 0 Å². The van der Waals surface area contributed by atoms with Crippen LogP contribution in [0.25, 0.3) is 97.0 Å². The summed E-state index contributed by atoms with van der Waals surface area (Å²) in [7, 11) is 0. The molecule has 0 aliphatic rings. The second kappa shape index (κ2) is 11.8. The molecule has 4 nitrogen and oxygen atoms in total. The minimum Gasteiger partial charge on any atom is -0.228 e. The molecule has 0 aliphatic heterocycles. The van der Waals surface area contributed by atoms with Crippen LogP contribution in [0.3, 0.4) is 0 Å². The maximum atomic E-state index is 5.29. The van der Waals surface area contributed by atoms with Crippen LogP contribution in [0.5, 0.6) is 0 Å². The van der Waals surface area contributed by atoms with Gasteiger partial charge in [0.15, 0.2) is 11.6 Å². The van der Waals surface area contributed by atoms with E-state index in [1.54, 1.807) is 22.7 Å². The molecule has 0 fully saturated rings. The minimum absolute atomic E-state index is 0.710. The summed E-state index contributed by atoms with van der Waals surface area (Å²) < 4.78 is 4.72. The summed E-state index contributed by atoms with van der Waals surface area (Å²) in [6, 6.07) is 54.8. The summed E-state index contributed by atoms with van der Waals surface area (Å²) in [6.07, 6.45) is 0. The highest BCUT2D eigenvalue weighted by Crippen LogP contribution is 2.43. The molecular weight excluding hydrogens is 649 g/mol. The largest absolute Gasteiger partial charge is 0.228 e. The highest BCUT2D eigenvalue weighted by atomic mass is 32.1. The van der Waals surface area contributed by atoms with Crippen LogP contribution in [0.4, 0.5) is 0 Å². The number of benzene rings is 6. The first-order valence-corrected chi connectivity index (χ1v) is 18.1. The Kier molecular flexibility index (Phi) is 6.82. The van der Waals surface area contributed by atoms with E-state index in [1.807, 2.05) is 42.5 Å². The second-order valence-corrected chi connectivity index (χ2v) is 14.3. The van der Waals surface area contributed by atoms with Gasteiger partial charge in [0.1, 0.15) is 0 Å². The standard InChI is InChI=1S/C44H26N4S2/c1-4-13-27(14-5-1)35-26-36(46-43(45-35)29-17-8-3-9-18-29)30-23-24-38-34(25-30)31-20-12-21-33(41(31)49-38)44-47-39(28-15-6-2-7-16-28)42-40(48-44)32-19-10-11-22-37(32)50-42/h1-26H. The second-order valence-electron chi connectivity index (χ2n) is 12.2. The zero-order valence-electron chi connectivity index (χ0n) is 26.6. The molecule has 6 heteroatoms. The van der Waals surface area contributed by atoms with Crippen molar-refractivity contribution in [1.82, 2.24) is 19.9 Å². The van der Waals surface area contributed by atoms with Gasteiger partial charge in [-0.2, -0.15) is 0 Å². The van der Waals surface area contributed by atoms with Gasteiger partial charge in [-0.1, -0.05) is 127 Å². The van der Waals surface area contributed by atoms with Crippen molar-refractivity contribution >= 4 is 63.1 Å². The molecule has 0 bridgehead atoms. The smallest absolute Gasteiger partial charge is 0.161 e. The lowest BCUT2D eigenvalue weighted by Crippen LogP contribution is -1.95. The molecule has 0 unspecified atom stereocenters. The summed E-state index contributed by atoms with van der Waals surface area (Å²) in [5.41, 5.74) is 8.99. The lowest BCUT2D eigenvalue weighted by Gasteiger charge is -2.09. The van der Waals surface area contributed by atoms with E-state index in [4.69, 9.17) is 19.9 Å². The molecule has 0 saturated heterocycles. The third-order valence-electron chi connectivity index (χ3n) is 9.13. The number of thiophene rings is 2. The van der Waals surface area contributed by atoms with Crippen LogP contribution < -0.4 is 0 Å². The molecule has 0 radical (unpaired) electrons. The van der Waals surface area contributed by atoms with Crippen LogP contribution in [0.2, 0.25) is 0 Å². The molecular formula is C44H26N4S2. The van der Waals surface area contributed by atoms with E-state index in [9.17, 15) is 0 Å². The fourth-order valence-electron chi connectivity index (χ4n) is 6.71. The Hall–Kier alpha value is -6.08. The number of nitrogens with zero attached hydrogens (tertiary/aromatic N) is 4. The van der Waals surface area contributed by atoms with Gasteiger partial charge in [-0.25, -0.2) is 19.9 Å². The number of fused-ring (bicyclic) bond motifs is 6. The van der Waals surface area contributed by atoms with E-state index in [1.165, 1.54) is 24.9 Å². The van der Waals surface area contributed by atoms with Crippen molar-refractivity contribution in [3.8, 4) is 56.5 Å². The van der Waals surface area contributed by atoms with Crippen LogP contribution in [0.1, 0.15) is 0 Å². The number of aromatic nitrogens is 4. The highest BCUT2D eigenvalue weighted by Gasteiger charge is 2.19. The van der Waals surface area contributed by atoms with Crippen LogP contribution in [-0.2, 0) is 0 Å². The molecule has 10 rings (SSSR count). The normalized spacial score (nSPS) is 11.6. The first-order valence-electron chi connectivity index (χ1n) is 16.5. The van der Waals surface area contributed by atoms with Crippen molar-refractivity contribution in [3.63, 3.8) is 0 Å². The summed E-state index contributed by atoms with van der Waals surface area (Å²) >= 11 is 3.55. The van der Waals surface area contributed by atoms with Crippen molar-refractivity contribution in [2.24, 2.45) is 0 Å². The monoisotopic (exact) mass is 674 g/mol. The van der Waals surface area contributed by atoms with Crippen molar-refractivity contribution in [1.29, 1.82) is 0 Å². The third kappa shape index (κ3) is 4.88. The zero-order chi connectivity index (χ0) is 33.0. The lowest BCUT2D eigenvalue weighted by atomic mass is 10.0. The van der Waals surface area contributed by atoms with Gasteiger partial charge in [0.05, 0.1) is 27.3 Å². The van der Waals surface area contributed by atoms with Gasteiger partial charge in [-0.15, -0.1) is 22.7 Å². The van der Waals surface area contributed by atoms with Gasteiger partial charge in [0.2, 0.25) is 0 Å². The van der Waals surface area contributed by atoms with E-state index in [-0.39, 0.29) is 0 Å². The molecule has 4 aromatic heterocycles. The van der Waals surface area contributed by atoms with Crippen molar-refractivity contribution in [2.75, 3.05) is 0 Å². The Bertz CT molecular complexity index is 2800. The Labute approximate surface area is 296 Å². The highest BCUT2D eigenvalue weighted by molar-refractivity contribution is 7.26. The van der Waals surface area contributed by atoms with Crippen LogP contribution >= 0.6 is 22.7 Å². The molecule has 0 spiro atoms. The van der Waals surface area contributed by atoms with Gasteiger partial charge in [0, 0.05) is 58.1 Å². The fourth-order valence-corrected chi connectivity index (χ4v) is 9.05. The predicted octanol–water partition coefficient (Wildman–Crippen LogP) is 12.3. The van der Waals surface area contributed by atoms with E-state index in [0.29, 0.717) is 5.82 Å². The molecule has 0 aliphatic carbocycles. The van der Waals surface area contributed by atoms with Gasteiger partial charge < -0.3 is 0 Å². The fraction of sp³-hybridized carbons (Fsp3) is 0. The molecule has 50 heavy (non-hydrogen) atoms. The first kappa shape index (κ1) is 28.9. The molecule has 4 heterocycles. The zero-order valence-corrected chi connectivity index (χ0v) is 28.2. The van der Waals surface area contributed by atoms with Crippen molar-refractivity contribution in [2.45, 2.75) is 0 Å². The summed E-state index contributed by atoms with van der Waals surface area (Å²) in [4.78, 5) is 20.6. The van der Waals surface area contributed by atoms with Crippen LogP contribution in [-0.4, -0.2) is 19.9 Å². The van der Waals surface area contributed by atoms with E-state index in [2.05, 4.69) is 115 Å². The minimum atomic E-state index is 0.710. The molecule has 0 amide bonds. The lowest BCUT2D eigenvalue weighted by molar-refractivity contribution is 1.18. The molecule has 234 valence electrons. The average molecular weight is 675 g/mol. The molecule has 0 saturated carbocycles. The van der Waals surface area contributed by atoms with Gasteiger partial charge in [-0.3, -0.25) is 0 Å². The Morgan fingerprint density at radius 3 is 1.76 bits per heavy atom. The maximum Gasteiger partial charge on any atom is 0.161 e. The Balaban J connectivity index is 1.16. The van der Waals surface area contributed by atoms with Crippen LogP contribution in [0.15, 0.2) is 158 Å². The predicted molar refractivity (Wildman–Crippen MR) is 211 cm³/mol. The van der Waals surface area contributed by atoms with Crippen molar-refractivity contribution in [3.05, 3.63) is 158 Å². The molecule has 6 aromatic carbocycles. The SMILES string of the molecule is c1ccc(-c2cc(-c3ccc4sc5c(-c6nc(-c7ccccc7)c7sc8ccccc8c7n6)cccc5c4c3)nc(-c3ccccc3)n2)cc1. The quantitative estimate of drug-likeness (QED) is 0.182. The molecule has 10 aromatic rings. The van der Waals surface area contributed by atoms with Crippen molar-refractivity contribution < 1.29 is 0 Å². The Morgan fingerprint density at radius 2 is 0.980 bits per heavy atom. The topological polar surface area (TPSA) is 51.6 Å². The van der Waals surface area contributed by atoms with E-state index < -0.39 is 0 Å². The number of hydrogen-bond donors (Lipinski definition) is 0. The summed E-state index contributed by atoms with van der Waals surface area (Å²) in [5, 5.41) is 3.54. The number of rotatable bonds is 5. The Morgan fingerprint density at radius 1 is 0.360 bits per heavy atom. The van der Waals surface area contributed by atoms with Gasteiger partial charge in [-0.05, 0) is 30.3 Å². The summed E-state index contributed by atoms with van der Waals surface area (Å²) in [6.45, 7) is 0. The van der Waals surface area contributed by atoms with Gasteiger partial charge >= 0.3 is 0 Å². The number of hydrogen-bond acceptors (Lipinski definition) is 6. The van der Waals surface area contributed by atoms with E-state index in [0.717, 1.165) is 66.3 Å². The van der Waals surface area contributed by atoms with Crippen LogP contribution in [0, 0.1) is 0 Å². The molecule has 0 atom stereocenters. The van der Waals surface area contributed by atoms with Gasteiger partial charge in [0.25, 0.3) is 0 Å². The maximum absolute atomic E-state index is 5.29. The first-order chi connectivity index (χ1) is 24.8.